The van der Waals surface area contributed by atoms with Gasteiger partial charge in [0.15, 0.2) is 0 Å². The topological polar surface area (TPSA) is 80.9 Å². The van der Waals surface area contributed by atoms with Crippen LogP contribution in [0.15, 0.2) is 0 Å². The first-order valence-corrected chi connectivity index (χ1v) is 12.8. The second-order valence-corrected chi connectivity index (χ2v) is 13.2. The number of aliphatic hydroxyl groups is 4. The van der Waals surface area contributed by atoms with E-state index in [0.29, 0.717) is 36.0 Å². The first-order chi connectivity index (χ1) is 13.9. The Kier molecular flexibility index (Phi) is 6.30. The summed E-state index contributed by atoms with van der Waals surface area (Å²) in [5.41, 5.74) is -0.126. The van der Waals surface area contributed by atoms with Crippen LogP contribution in [0.4, 0.5) is 0 Å². The number of alkyl halides is 2. The molecule has 0 aliphatic heterocycles. The summed E-state index contributed by atoms with van der Waals surface area (Å²) >= 11 is 11.6. The van der Waals surface area contributed by atoms with Crippen LogP contribution < -0.4 is 0 Å². The minimum Gasteiger partial charge on any atom is -0.393 e. The molecule has 174 valence electrons. The summed E-state index contributed by atoms with van der Waals surface area (Å²) < 4.78 is -1.70. The van der Waals surface area contributed by atoms with E-state index < -0.39 is 4.52 Å². The van der Waals surface area contributed by atoms with E-state index in [4.69, 9.17) is 23.2 Å². The van der Waals surface area contributed by atoms with Gasteiger partial charge in [-0.1, -0.05) is 44.0 Å². The van der Waals surface area contributed by atoms with Crippen LogP contribution in [-0.4, -0.2) is 43.3 Å². The van der Waals surface area contributed by atoms with Crippen molar-refractivity contribution < 1.29 is 20.4 Å². The maximum atomic E-state index is 11.5. The first kappa shape index (κ1) is 23.6. The fourth-order valence-corrected chi connectivity index (χ4v) is 8.95. The van der Waals surface area contributed by atoms with Crippen molar-refractivity contribution in [3.8, 4) is 0 Å². The average molecular weight is 463 g/mol. The van der Waals surface area contributed by atoms with Crippen molar-refractivity contribution >= 4 is 23.2 Å². The van der Waals surface area contributed by atoms with Crippen LogP contribution in [0.25, 0.3) is 0 Å². The third-order valence-corrected chi connectivity index (χ3v) is 10.8. The van der Waals surface area contributed by atoms with E-state index in [-0.39, 0.29) is 35.1 Å². The largest absolute Gasteiger partial charge is 0.393 e. The van der Waals surface area contributed by atoms with E-state index in [0.717, 1.165) is 51.4 Å². The normalized spacial score (nSPS) is 52.3. The molecule has 0 bridgehead atoms. The molecular weight excluding hydrogens is 423 g/mol. The molecule has 30 heavy (non-hydrogen) atoms. The van der Waals surface area contributed by atoms with Gasteiger partial charge in [0.2, 0.25) is 4.52 Å². The smallest absolute Gasteiger partial charge is 0.214 e. The van der Waals surface area contributed by atoms with Crippen LogP contribution in [-0.2, 0) is 0 Å². The number of rotatable bonds is 4. The molecule has 11 atom stereocenters. The lowest BCUT2D eigenvalue weighted by molar-refractivity contribution is -0.207. The zero-order valence-electron chi connectivity index (χ0n) is 18.6. The standard InChI is InChI=1S/C24H40Cl2O4/c1-13(6-9-24(25,26)30)16-4-5-17-21-18(12-20(29)23(16,17)3)22(2)8-7-15(27)10-14(22)11-19(21)28/h13-21,27-30H,4-12H2,1-3H3/t13-,14-,15+,16+,17-,18-,19+,20-,21-,22-,23+/m0/s1. The van der Waals surface area contributed by atoms with Crippen molar-refractivity contribution in [2.75, 3.05) is 0 Å². The Bertz CT molecular complexity index is 639. The maximum Gasteiger partial charge on any atom is 0.214 e. The summed E-state index contributed by atoms with van der Waals surface area (Å²) in [5.74, 6) is 1.82. The lowest BCUT2D eigenvalue weighted by atomic mass is 9.43. The van der Waals surface area contributed by atoms with Crippen molar-refractivity contribution in [3.63, 3.8) is 0 Å². The quantitative estimate of drug-likeness (QED) is 0.464. The van der Waals surface area contributed by atoms with Crippen molar-refractivity contribution in [3.05, 3.63) is 0 Å². The highest BCUT2D eigenvalue weighted by Crippen LogP contribution is 2.68. The van der Waals surface area contributed by atoms with Gasteiger partial charge >= 0.3 is 0 Å². The Hall–Kier alpha value is 0.420. The zero-order valence-corrected chi connectivity index (χ0v) is 20.1. The van der Waals surface area contributed by atoms with E-state index >= 15 is 0 Å². The van der Waals surface area contributed by atoms with Gasteiger partial charge in [0.1, 0.15) is 0 Å². The number of hydrogen-bond acceptors (Lipinski definition) is 4. The second kappa shape index (κ2) is 8.02. The van der Waals surface area contributed by atoms with E-state index in [2.05, 4.69) is 20.8 Å². The van der Waals surface area contributed by atoms with Gasteiger partial charge in [-0.2, -0.15) is 0 Å². The van der Waals surface area contributed by atoms with Crippen molar-refractivity contribution in [2.24, 2.45) is 46.3 Å². The molecule has 6 heteroatoms. The SMILES string of the molecule is C[C@@H](CCC(O)(Cl)Cl)[C@H]1CC[C@H]2[C@@H]3[C@H](O)C[C@@H]4C[C@H](O)CC[C@]4(C)[C@H]3C[C@H](O)[C@]12C. The fourth-order valence-electron chi connectivity index (χ4n) is 8.73. The summed E-state index contributed by atoms with van der Waals surface area (Å²) in [6, 6.07) is 0. The molecule has 0 aromatic heterocycles. The zero-order chi connectivity index (χ0) is 22.1. The Morgan fingerprint density at radius 3 is 2.37 bits per heavy atom. The van der Waals surface area contributed by atoms with Crippen LogP contribution in [0.5, 0.6) is 0 Å². The number of hydrogen-bond donors (Lipinski definition) is 4. The molecule has 0 aromatic carbocycles. The molecule has 4 nitrogen and oxygen atoms in total. The van der Waals surface area contributed by atoms with Crippen molar-refractivity contribution in [2.45, 2.75) is 101 Å². The molecular formula is C24H40Cl2O4. The van der Waals surface area contributed by atoms with Gasteiger partial charge in [0.05, 0.1) is 18.3 Å². The fraction of sp³-hybridized carbons (Fsp3) is 1.00. The summed E-state index contributed by atoms with van der Waals surface area (Å²) in [6.07, 6.45) is 6.28. The number of aliphatic hydroxyl groups excluding tert-OH is 3. The molecule has 0 saturated heterocycles. The second-order valence-electron chi connectivity index (χ2n) is 11.7. The van der Waals surface area contributed by atoms with E-state index in [1.807, 2.05) is 0 Å². The summed E-state index contributed by atoms with van der Waals surface area (Å²) in [4.78, 5) is 0. The summed E-state index contributed by atoms with van der Waals surface area (Å²) in [5, 5.41) is 42.8. The molecule has 0 heterocycles. The molecule has 0 unspecified atom stereocenters. The predicted octanol–water partition coefficient (Wildman–Crippen LogP) is 4.49. The number of fused-ring (bicyclic) bond motifs is 5. The van der Waals surface area contributed by atoms with Crippen LogP contribution in [0.3, 0.4) is 0 Å². The molecule has 0 spiro atoms. The average Bonchev–Trinajstić information content (AvgIpc) is 3.00. The monoisotopic (exact) mass is 462 g/mol. The van der Waals surface area contributed by atoms with E-state index in [9.17, 15) is 20.4 Å². The van der Waals surface area contributed by atoms with Gasteiger partial charge in [0.25, 0.3) is 0 Å². The van der Waals surface area contributed by atoms with Gasteiger partial charge < -0.3 is 20.4 Å². The highest BCUT2D eigenvalue weighted by atomic mass is 35.5. The Morgan fingerprint density at radius 1 is 1.00 bits per heavy atom. The van der Waals surface area contributed by atoms with Crippen LogP contribution >= 0.6 is 23.2 Å². The summed E-state index contributed by atoms with van der Waals surface area (Å²) in [7, 11) is 0. The third-order valence-electron chi connectivity index (χ3n) is 10.4. The Labute approximate surface area is 191 Å². The van der Waals surface area contributed by atoms with Gasteiger partial charge in [-0.25, -0.2) is 0 Å². The number of halogens is 2. The highest BCUT2D eigenvalue weighted by Gasteiger charge is 2.65. The lowest BCUT2D eigenvalue weighted by Gasteiger charge is -2.63. The highest BCUT2D eigenvalue weighted by molar-refractivity contribution is 6.46. The van der Waals surface area contributed by atoms with Crippen molar-refractivity contribution in [1.82, 2.24) is 0 Å². The molecule has 0 amide bonds. The minimum atomic E-state index is -1.70. The van der Waals surface area contributed by atoms with Gasteiger partial charge in [0, 0.05) is 6.42 Å². The molecule has 4 saturated carbocycles. The van der Waals surface area contributed by atoms with Crippen LogP contribution in [0.2, 0.25) is 0 Å². The minimum absolute atomic E-state index is 0.100. The van der Waals surface area contributed by atoms with E-state index in [1.54, 1.807) is 0 Å². The van der Waals surface area contributed by atoms with Gasteiger partial charge in [-0.15, -0.1) is 0 Å². The summed E-state index contributed by atoms with van der Waals surface area (Å²) in [6.45, 7) is 6.79. The molecule has 0 radical (unpaired) electrons. The molecule has 4 aliphatic carbocycles. The Balaban J connectivity index is 1.59. The first-order valence-electron chi connectivity index (χ1n) is 12.0. The van der Waals surface area contributed by atoms with Gasteiger partial charge in [-0.05, 0) is 97.7 Å². The third kappa shape index (κ3) is 3.76. The van der Waals surface area contributed by atoms with Crippen LogP contribution in [0, 0.1) is 46.3 Å². The molecule has 0 aromatic rings. The molecule has 4 rings (SSSR count). The Morgan fingerprint density at radius 2 is 1.70 bits per heavy atom. The van der Waals surface area contributed by atoms with E-state index in [1.165, 1.54) is 0 Å². The molecule has 4 fully saturated rings. The molecule has 4 aliphatic rings. The van der Waals surface area contributed by atoms with Crippen LogP contribution in [0.1, 0.15) is 78.6 Å². The maximum absolute atomic E-state index is 11.5. The molecule has 4 N–H and O–H groups in total. The van der Waals surface area contributed by atoms with Gasteiger partial charge in [-0.3, -0.25) is 0 Å². The lowest BCUT2D eigenvalue weighted by Crippen LogP contribution is -2.62. The predicted molar refractivity (Wildman–Crippen MR) is 119 cm³/mol. The van der Waals surface area contributed by atoms with Crippen molar-refractivity contribution in [1.29, 1.82) is 0 Å².